The van der Waals surface area contributed by atoms with Crippen LogP contribution in [-0.2, 0) is 34.9 Å². The lowest BCUT2D eigenvalue weighted by molar-refractivity contribution is -0.137. The maximum absolute atomic E-state index is 12.3. The molecule has 1 unspecified atom stereocenters. The van der Waals surface area contributed by atoms with Gasteiger partial charge in [-0.2, -0.15) is 4.55 Å². The van der Waals surface area contributed by atoms with Crippen LogP contribution in [0.3, 0.4) is 0 Å². The molecule has 122 valence electrons. The Morgan fingerprint density at radius 2 is 2.36 bits per heavy atom. The molecule has 22 heavy (non-hydrogen) atoms. The Bertz CT molecular complexity index is 523. The zero-order chi connectivity index (χ0) is 15.9. The minimum Gasteiger partial charge on any atom is -0.350 e. The molecule has 0 aromatic carbocycles. The van der Waals surface area contributed by atoms with Gasteiger partial charge in [-0.05, 0) is 29.9 Å². The summed E-state index contributed by atoms with van der Waals surface area (Å²) in [6, 6.07) is 1.56. The van der Waals surface area contributed by atoms with Gasteiger partial charge in [0.05, 0.1) is 0 Å². The Hall–Kier alpha value is -1.13. The highest BCUT2D eigenvalue weighted by Crippen LogP contribution is 2.18. The van der Waals surface area contributed by atoms with Crippen LogP contribution in [-0.4, -0.2) is 40.4 Å². The smallest absolute Gasteiger partial charge is 0.243 e. The van der Waals surface area contributed by atoms with Crippen LogP contribution in [0.2, 0.25) is 0 Å². The highest BCUT2D eigenvalue weighted by Gasteiger charge is 2.33. The molecule has 5 N–H and O–H groups in total. The Labute approximate surface area is 137 Å². The number of hydrogen-bond acceptors (Lipinski definition) is 6. The summed E-state index contributed by atoms with van der Waals surface area (Å²) in [5.74, 6) is -0.298. The first-order valence-electron chi connectivity index (χ1n) is 7.06. The molecule has 1 saturated heterocycles. The number of carbonyl (C=O) groups excluding carboxylic acids is 2. The third-order valence-electron chi connectivity index (χ3n) is 3.55. The number of hydrogen-bond donors (Lipinski definition) is 4. The van der Waals surface area contributed by atoms with Crippen molar-refractivity contribution in [1.29, 1.82) is 0 Å². The van der Waals surface area contributed by atoms with Gasteiger partial charge < -0.3 is 16.0 Å². The van der Waals surface area contributed by atoms with Crippen LogP contribution in [0.1, 0.15) is 23.3 Å². The molecule has 1 atom stereocenters. The third-order valence-corrected chi connectivity index (χ3v) is 4.86. The largest absolute Gasteiger partial charge is 0.350 e. The predicted molar refractivity (Wildman–Crippen MR) is 88.2 cm³/mol. The highest BCUT2D eigenvalue weighted by atomic mass is 32.2. The van der Waals surface area contributed by atoms with E-state index in [1.165, 1.54) is 0 Å². The van der Waals surface area contributed by atoms with Gasteiger partial charge in [-0.25, -0.2) is 0 Å². The van der Waals surface area contributed by atoms with Crippen molar-refractivity contribution in [1.82, 2.24) is 14.9 Å². The number of likely N-dealkylation sites (tertiary alicyclic amines) is 1. The van der Waals surface area contributed by atoms with Crippen molar-refractivity contribution in [3.8, 4) is 0 Å². The van der Waals surface area contributed by atoms with Crippen LogP contribution in [0.15, 0.2) is 11.4 Å². The quantitative estimate of drug-likeness (QED) is 0.398. The van der Waals surface area contributed by atoms with E-state index in [4.69, 9.17) is 10.3 Å². The summed E-state index contributed by atoms with van der Waals surface area (Å²) < 4.78 is 11.2. The van der Waals surface area contributed by atoms with Crippen molar-refractivity contribution in [2.45, 2.75) is 32.0 Å². The first kappa shape index (κ1) is 17.2. The van der Waals surface area contributed by atoms with Gasteiger partial charge in [-0.3, -0.25) is 9.59 Å². The molecule has 7 nitrogen and oxygen atoms in total. The molecule has 1 fully saturated rings. The molecular formula is C13H21N4O3S2+. The van der Waals surface area contributed by atoms with E-state index >= 15 is 0 Å². The SMILES string of the molecule is NCc1cc(CNC(=O)C2CCCN2C(=O)CN[SH+]O)cs1. The van der Waals surface area contributed by atoms with Gasteiger partial charge in [0.15, 0.2) is 0 Å². The van der Waals surface area contributed by atoms with E-state index in [0.717, 1.165) is 16.9 Å². The Kier molecular flexibility index (Phi) is 6.65. The lowest BCUT2D eigenvalue weighted by Gasteiger charge is -2.23. The molecule has 2 heterocycles. The van der Waals surface area contributed by atoms with Crippen molar-refractivity contribution in [2.24, 2.45) is 5.73 Å². The Balaban J connectivity index is 1.86. The van der Waals surface area contributed by atoms with Crippen molar-refractivity contribution in [3.05, 3.63) is 21.9 Å². The molecule has 9 heteroatoms. The topological polar surface area (TPSA) is 108 Å². The average Bonchev–Trinajstić information content (AvgIpc) is 3.18. The van der Waals surface area contributed by atoms with E-state index in [1.807, 2.05) is 11.4 Å². The van der Waals surface area contributed by atoms with Crippen LogP contribution in [0.25, 0.3) is 0 Å². The fourth-order valence-electron chi connectivity index (χ4n) is 2.48. The zero-order valence-corrected chi connectivity index (χ0v) is 13.8. The number of amides is 2. The van der Waals surface area contributed by atoms with E-state index < -0.39 is 6.04 Å². The fraction of sp³-hybridized carbons (Fsp3) is 0.538. The maximum Gasteiger partial charge on any atom is 0.243 e. The van der Waals surface area contributed by atoms with Gasteiger partial charge >= 0.3 is 0 Å². The molecular weight excluding hydrogens is 324 g/mol. The summed E-state index contributed by atoms with van der Waals surface area (Å²) in [5.41, 5.74) is 6.59. The van der Waals surface area contributed by atoms with Crippen LogP contribution >= 0.6 is 11.3 Å². The molecule has 2 amide bonds. The van der Waals surface area contributed by atoms with Gasteiger partial charge in [0.2, 0.25) is 24.0 Å². The molecule has 1 aromatic rings. The van der Waals surface area contributed by atoms with E-state index in [9.17, 15) is 9.59 Å². The standard InChI is InChI=1S/C13H20N4O3S2/c14-5-10-4-9(8-21-10)6-15-13(19)11-2-1-3-17(11)12(18)7-16-22-20/h4,8,11,16,20H,1-3,5-7,14H2,(H,15,19)/p+1. The van der Waals surface area contributed by atoms with Crippen LogP contribution in [0.5, 0.6) is 0 Å². The summed E-state index contributed by atoms with van der Waals surface area (Å²) in [5, 5.41) is 4.86. The van der Waals surface area contributed by atoms with Crippen molar-refractivity contribution in [3.63, 3.8) is 0 Å². The first-order chi connectivity index (χ1) is 10.7. The summed E-state index contributed by atoms with van der Waals surface area (Å²) >= 11 is 1.54. The van der Waals surface area contributed by atoms with Crippen LogP contribution < -0.4 is 15.8 Å². The minimum atomic E-state index is -0.419. The maximum atomic E-state index is 12.3. The fourth-order valence-corrected chi connectivity index (χ4v) is 3.45. The summed E-state index contributed by atoms with van der Waals surface area (Å²) in [4.78, 5) is 26.9. The third kappa shape index (κ3) is 4.43. The van der Waals surface area contributed by atoms with E-state index in [1.54, 1.807) is 16.2 Å². The summed E-state index contributed by atoms with van der Waals surface area (Å²) in [6.07, 6.45) is 1.49. The van der Waals surface area contributed by atoms with Crippen molar-refractivity contribution < 1.29 is 14.1 Å². The van der Waals surface area contributed by atoms with Gasteiger partial charge in [0.25, 0.3) is 0 Å². The molecule has 1 aliphatic heterocycles. The zero-order valence-electron chi connectivity index (χ0n) is 12.1. The lowest BCUT2D eigenvalue weighted by Crippen LogP contribution is -2.48. The second kappa shape index (κ2) is 8.49. The molecule has 0 bridgehead atoms. The van der Waals surface area contributed by atoms with Crippen LogP contribution in [0.4, 0.5) is 0 Å². The molecule has 0 spiro atoms. The average molecular weight is 345 g/mol. The van der Waals surface area contributed by atoms with Gasteiger partial charge in [0, 0.05) is 24.5 Å². The second-order valence-electron chi connectivity index (χ2n) is 5.02. The number of rotatable bonds is 7. The lowest BCUT2D eigenvalue weighted by atomic mass is 10.2. The first-order valence-corrected chi connectivity index (χ1v) is 8.79. The number of carbonyl (C=O) groups is 2. The number of nitrogens with one attached hydrogen (secondary N) is 2. The Morgan fingerprint density at radius 3 is 3.05 bits per heavy atom. The van der Waals surface area contributed by atoms with E-state index in [-0.39, 0.29) is 30.6 Å². The van der Waals surface area contributed by atoms with Gasteiger partial charge in [-0.15, -0.1) is 16.1 Å². The summed E-state index contributed by atoms with van der Waals surface area (Å²) in [6.45, 7) is 1.56. The van der Waals surface area contributed by atoms with Gasteiger partial charge in [0.1, 0.15) is 12.6 Å². The molecule has 0 radical (unpaired) electrons. The second-order valence-corrected chi connectivity index (χ2v) is 6.54. The molecule has 0 saturated carbocycles. The number of thiophene rings is 1. The number of thiol groups is 1. The van der Waals surface area contributed by atoms with Gasteiger partial charge in [-0.1, -0.05) is 0 Å². The van der Waals surface area contributed by atoms with E-state index in [2.05, 4.69) is 10.0 Å². The van der Waals surface area contributed by atoms with Crippen molar-refractivity contribution >= 4 is 35.4 Å². The number of nitrogens with zero attached hydrogens (tertiary/aromatic N) is 1. The normalized spacial score (nSPS) is 17.7. The number of nitrogens with two attached hydrogens (primary N) is 1. The Morgan fingerprint density at radius 1 is 1.55 bits per heavy atom. The highest BCUT2D eigenvalue weighted by molar-refractivity contribution is 7.70. The van der Waals surface area contributed by atoms with Crippen molar-refractivity contribution in [2.75, 3.05) is 13.1 Å². The van der Waals surface area contributed by atoms with E-state index in [0.29, 0.717) is 26.1 Å². The predicted octanol–water partition coefficient (Wildman–Crippen LogP) is -0.393. The molecule has 0 aliphatic carbocycles. The molecule has 1 aliphatic rings. The summed E-state index contributed by atoms with van der Waals surface area (Å²) in [7, 11) is 0. The monoisotopic (exact) mass is 345 g/mol. The van der Waals surface area contributed by atoms with Crippen LogP contribution in [0, 0.1) is 0 Å². The molecule has 1 aromatic heterocycles. The molecule has 2 rings (SSSR count). The minimum absolute atomic E-state index is 0.0335.